The van der Waals surface area contributed by atoms with Gasteiger partial charge in [0.25, 0.3) is 5.91 Å². The highest BCUT2D eigenvalue weighted by molar-refractivity contribution is 5.95. The van der Waals surface area contributed by atoms with E-state index in [1.807, 2.05) is 19.1 Å². The summed E-state index contributed by atoms with van der Waals surface area (Å²) < 4.78 is 0. The lowest BCUT2D eigenvalue weighted by atomic mass is 10.2. The Kier molecular flexibility index (Phi) is 3.61. The highest BCUT2D eigenvalue weighted by Gasteiger charge is 2.24. The minimum Gasteiger partial charge on any atom is -0.370 e. The van der Waals surface area contributed by atoms with Crippen LogP contribution in [-0.4, -0.2) is 23.5 Å². The lowest BCUT2D eigenvalue weighted by Crippen LogP contribution is -2.25. The number of rotatable bonds is 5. The van der Waals surface area contributed by atoms with Crippen molar-refractivity contribution >= 4 is 11.7 Å². The molecule has 2 N–H and O–H groups in total. The largest absolute Gasteiger partial charge is 0.370 e. The summed E-state index contributed by atoms with van der Waals surface area (Å²) >= 11 is 0. The van der Waals surface area contributed by atoms with Crippen molar-refractivity contribution in [2.24, 2.45) is 0 Å². The molecular formula is C13H19N3O. The number of aryl methyl sites for hydroxylation is 1. The average Bonchev–Trinajstić information content (AvgIpc) is 3.09. The highest BCUT2D eigenvalue weighted by atomic mass is 16.1. The first-order chi connectivity index (χ1) is 8.19. The van der Waals surface area contributed by atoms with Crippen molar-refractivity contribution in [3.8, 4) is 0 Å². The van der Waals surface area contributed by atoms with Crippen molar-refractivity contribution in [1.82, 2.24) is 10.3 Å². The van der Waals surface area contributed by atoms with Crippen LogP contribution in [-0.2, 0) is 0 Å². The van der Waals surface area contributed by atoms with Crippen LogP contribution in [0.2, 0.25) is 0 Å². The predicted octanol–water partition coefficient (Wildman–Crippen LogP) is 2.10. The van der Waals surface area contributed by atoms with Gasteiger partial charge in [-0.2, -0.15) is 0 Å². The molecule has 1 amide bonds. The molecule has 4 heteroatoms. The first-order valence-electron chi connectivity index (χ1n) is 6.22. The van der Waals surface area contributed by atoms with Crippen LogP contribution in [0.15, 0.2) is 12.1 Å². The molecule has 0 aliphatic heterocycles. The number of nitrogens with zero attached hydrogens (tertiary/aromatic N) is 1. The Bertz CT molecular complexity index is 413. The van der Waals surface area contributed by atoms with E-state index in [0.29, 0.717) is 11.6 Å². The molecule has 1 saturated carbocycles. The third kappa shape index (κ3) is 3.44. The fraction of sp³-hybridized carbons (Fsp3) is 0.538. The summed E-state index contributed by atoms with van der Waals surface area (Å²) in [4.78, 5) is 16.3. The summed E-state index contributed by atoms with van der Waals surface area (Å²) in [7, 11) is 0. The van der Waals surface area contributed by atoms with Gasteiger partial charge >= 0.3 is 0 Å². The van der Waals surface area contributed by atoms with Crippen LogP contribution in [0.4, 0.5) is 5.82 Å². The van der Waals surface area contributed by atoms with Gasteiger partial charge in [0.15, 0.2) is 0 Å². The number of carbonyl (C=O) groups is 1. The van der Waals surface area contributed by atoms with Gasteiger partial charge in [-0.05, 0) is 38.3 Å². The third-order valence-corrected chi connectivity index (χ3v) is 2.68. The topological polar surface area (TPSA) is 54.0 Å². The van der Waals surface area contributed by atoms with E-state index in [0.717, 1.165) is 37.3 Å². The number of pyridine rings is 1. The van der Waals surface area contributed by atoms with Gasteiger partial charge in [-0.15, -0.1) is 0 Å². The van der Waals surface area contributed by atoms with Gasteiger partial charge in [0.1, 0.15) is 5.82 Å². The maximum absolute atomic E-state index is 11.9. The van der Waals surface area contributed by atoms with Gasteiger partial charge in [-0.1, -0.05) is 6.92 Å². The maximum atomic E-state index is 11.9. The zero-order chi connectivity index (χ0) is 12.3. The van der Waals surface area contributed by atoms with Gasteiger partial charge in [-0.3, -0.25) is 4.79 Å². The molecule has 2 rings (SSSR count). The molecule has 1 aliphatic rings. The predicted molar refractivity (Wildman–Crippen MR) is 68.2 cm³/mol. The molecule has 1 heterocycles. The van der Waals surface area contributed by atoms with Crippen molar-refractivity contribution in [2.75, 3.05) is 11.9 Å². The smallest absolute Gasteiger partial charge is 0.251 e. The summed E-state index contributed by atoms with van der Waals surface area (Å²) in [5.74, 6) is 0.797. The van der Waals surface area contributed by atoms with Crippen LogP contribution < -0.4 is 10.6 Å². The van der Waals surface area contributed by atoms with Crippen LogP contribution in [0.1, 0.15) is 42.2 Å². The van der Waals surface area contributed by atoms with E-state index in [1.165, 1.54) is 0 Å². The molecule has 1 aromatic rings. The van der Waals surface area contributed by atoms with E-state index >= 15 is 0 Å². The van der Waals surface area contributed by atoms with Crippen molar-refractivity contribution < 1.29 is 4.79 Å². The number of amides is 1. The number of carbonyl (C=O) groups excluding carboxylic acids is 1. The molecule has 0 radical (unpaired) electrons. The second-order valence-electron chi connectivity index (χ2n) is 4.56. The number of nitrogens with one attached hydrogen (secondary N) is 2. The van der Waals surface area contributed by atoms with Gasteiger partial charge in [0.2, 0.25) is 0 Å². The Balaban J connectivity index is 2.09. The number of anilines is 1. The summed E-state index contributed by atoms with van der Waals surface area (Å²) in [6, 6.07) is 4.04. The first kappa shape index (κ1) is 11.9. The Hall–Kier alpha value is -1.58. The van der Waals surface area contributed by atoms with Gasteiger partial charge < -0.3 is 10.6 Å². The standard InChI is InChI=1S/C13H19N3O/c1-3-6-14-12-8-10(7-9(2)15-12)13(17)16-11-4-5-11/h7-8,11H,3-6H2,1-2H3,(H,14,15)(H,16,17). The molecule has 1 aromatic heterocycles. The molecule has 0 bridgehead atoms. The number of hydrogen-bond donors (Lipinski definition) is 2. The zero-order valence-electron chi connectivity index (χ0n) is 10.4. The molecule has 17 heavy (non-hydrogen) atoms. The molecule has 0 atom stereocenters. The summed E-state index contributed by atoms with van der Waals surface area (Å²) in [6.45, 7) is 4.88. The van der Waals surface area contributed by atoms with Gasteiger partial charge in [-0.25, -0.2) is 4.98 Å². The Morgan fingerprint density at radius 3 is 2.88 bits per heavy atom. The van der Waals surface area contributed by atoms with E-state index in [9.17, 15) is 4.79 Å². The van der Waals surface area contributed by atoms with Crippen molar-refractivity contribution in [3.63, 3.8) is 0 Å². The molecule has 4 nitrogen and oxygen atoms in total. The zero-order valence-corrected chi connectivity index (χ0v) is 10.4. The summed E-state index contributed by atoms with van der Waals surface area (Å²) in [5.41, 5.74) is 1.56. The number of aromatic nitrogens is 1. The van der Waals surface area contributed by atoms with Gasteiger partial charge in [0, 0.05) is 23.8 Å². The SMILES string of the molecule is CCCNc1cc(C(=O)NC2CC2)cc(C)n1. The lowest BCUT2D eigenvalue weighted by Gasteiger charge is -2.08. The Labute approximate surface area is 102 Å². The first-order valence-corrected chi connectivity index (χ1v) is 6.22. The Morgan fingerprint density at radius 1 is 1.47 bits per heavy atom. The second-order valence-corrected chi connectivity index (χ2v) is 4.56. The van der Waals surface area contributed by atoms with E-state index < -0.39 is 0 Å². The van der Waals surface area contributed by atoms with E-state index in [1.54, 1.807) is 0 Å². The molecule has 0 unspecified atom stereocenters. The van der Waals surface area contributed by atoms with Crippen LogP contribution >= 0.6 is 0 Å². The Morgan fingerprint density at radius 2 is 2.24 bits per heavy atom. The molecule has 1 fully saturated rings. The van der Waals surface area contributed by atoms with Crippen LogP contribution in [0.25, 0.3) is 0 Å². The fourth-order valence-corrected chi connectivity index (χ4v) is 1.64. The van der Waals surface area contributed by atoms with Gasteiger partial charge in [0.05, 0.1) is 0 Å². The average molecular weight is 233 g/mol. The molecule has 0 aromatic carbocycles. The lowest BCUT2D eigenvalue weighted by molar-refractivity contribution is 0.0951. The fourth-order valence-electron chi connectivity index (χ4n) is 1.64. The third-order valence-electron chi connectivity index (χ3n) is 2.68. The number of hydrogen-bond acceptors (Lipinski definition) is 3. The van der Waals surface area contributed by atoms with E-state index in [-0.39, 0.29) is 5.91 Å². The van der Waals surface area contributed by atoms with Crippen LogP contribution in [0.3, 0.4) is 0 Å². The quantitative estimate of drug-likeness (QED) is 0.819. The summed E-state index contributed by atoms with van der Waals surface area (Å²) in [5, 5.41) is 6.19. The highest BCUT2D eigenvalue weighted by Crippen LogP contribution is 2.20. The van der Waals surface area contributed by atoms with Crippen molar-refractivity contribution in [2.45, 2.75) is 39.2 Å². The van der Waals surface area contributed by atoms with Crippen LogP contribution in [0, 0.1) is 6.92 Å². The molecule has 1 aliphatic carbocycles. The maximum Gasteiger partial charge on any atom is 0.251 e. The van der Waals surface area contributed by atoms with Crippen molar-refractivity contribution in [3.05, 3.63) is 23.4 Å². The van der Waals surface area contributed by atoms with Crippen molar-refractivity contribution in [1.29, 1.82) is 0 Å². The van der Waals surface area contributed by atoms with Crippen LogP contribution in [0.5, 0.6) is 0 Å². The monoisotopic (exact) mass is 233 g/mol. The molecule has 0 spiro atoms. The summed E-state index contributed by atoms with van der Waals surface area (Å²) in [6.07, 6.45) is 3.26. The van der Waals surface area contributed by atoms with E-state index in [4.69, 9.17) is 0 Å². The molecule has 92 valence electrons. The second kappa shape index (κ2) is 5.17. The normalized spacial score (nSPS) is 14.5. The van der Waals surface area contributed by atoms with E-state index in [2.05, 4.69) is 22.5 Å². The molecule has 0 saturated heterocycles. The molecular weight excluding hydrogens is 214 g/mol. The minimum atomic E-state index is 0.0116. The minimum absolute atomic E-state index is 0.0116.